The summed E-state index contributed by atoms with van der Waals surface area (Å²) in [6, 6.07) is 8.60. The molecule has 4 nitrogen and oxygen atoms in total. The van der Waals surface area contributed by atoms with Gasteiger partial charge in [-0.05, 0) is 36.9 Å². The van der Waals surface area contributed by atoms with Crippen LogP contribution >= 0.6 is 0 Å². The summed E-state index contributed by atoms with van der Waals surface area (Å²) in [7, 11) is 0. The summed E-state index contributed by atoms with van der Waals surface area (Å²) in [6.45, 7) is 6.68. The molecule has 0 bridgehead atoms. The van der Waals surface area contributed by atoms with E-state index in [1.807, 2.05) is 18.2 Å². The predicted molar refractivity (Wildman–Crippen MR) is 77.2 cm³/mol. The maximum atomic E-state index is 8.73. The van der Waals surface area contributed by atoms with E-state index in [2.05, 4.69) is 30.0 Å². The number of nitrogens with zero attached hydrogens (tertiary/aromatic N) is 2. The molecule has 104 valence electrons. The molecule has 19 heavy (non-hydrogen) atoms. The molecule has 1 aromatic rings. The van der Waals surface area contributed by atoms with Crippen LogP contribution in [0.15, 0.2) is 29.4 Å². The van der Waals surface area contributed by atoms with Gasteiger partial charge in [0.25, 0.3) is 0 Å². The monoisotopic (exact) mass is 261 g/mol. The first-order valence-corrected chi connectivity index (χ1v) is 6.92. The second-order valence-electron chi connectivity index (χ2n) is 5.61. The Labute approximate surface area is 114 Å². The van der Waals surface area contributed by atoms with E-state index < -0.39 is 0 Å². The molecule has 1 fully saturated rings. The van der Waals surface area contributed by atoms with Crippen LogP contribution in [0.25, 0.3) is 0 Å². The molecule has 1 heterocycles. The number of rotatable bonds is 4. The third-order valence-corrected chi connectivity index (χ3v) is 3.90. The van der Waals surface area contributed by atoms with Crippen LogP contribution in [0.3, 0.4) is 0 Å². The minimum atomic E-state index is 0.170. The number of amidine groups is 1. The van der Waals surface area contributed by atoms with Crippen molar-refractivity contribution in [3.8, 4) is 0 Å². The van der Waals surface area contributed by atoms with Crippen molar-refractivity contribution in [1.82, 2.24) is 4.90 Å². The highest BCUT2D eigenvalue weighted by molar-refractivity contribution is 5.97. The fraction of sp³-hybridized carbons (Fsp3) is 0.533. The Morgan fingerprint density at radius 3 is 3.00 bits per heavy atom. The maximum Gasteiger partial charge on any atom is 0.170 e. The largest absolute Gasteiger partial charge is 0.409 e. The van der Waals surface area contributed by atoms with Crippen LogP contribution < -0.4 is 5.73 Å². The number of nitrogens with two attached hydrogens (primary N) is 1. The van der Waals surface area contributed by atoms with E-state index in [1.54, 1.807) is 0 Å². The van der Waals surface area contributed by atoms with E-state index in [0.29, 0.717) is 12.0 Å². The van der Waals surface area contributed by atoms with Crippen LogP contribution in [-0.4, -0.2) is 28.5 Å². The first-order chi connectivity index (χ1) is 9.11. The molecular formula is C15H23N3O. The lowest BCUT2D eigenvalue weighted by Gasteiger charge is -2.27. The molecule has 1 saturated heterocycles. The molecule has 1 aliphatic rings. The second-order valence-corrected chi connectivity index (χ2v) is 5.61. The van der Waals surface area contributed by atoms with Crippen LogP contribution in [0.4, 0.5) is 0 Å². The minimum absolute atomic E-state index is 0.170. The van der Waals surface area contributed by atoms with Gasteiger partial charge in [-0.2, -0.15) is 0 Å². The Bertz CT molecular complexity index is 456. The molecule has 1 aliphatic heterocycles. The fourth-order valence-corrected chi connectivity index (χ4v) is 2.92. The molecule has 4 heteroatoms. The Morgan fingerprint density at radius 1 is 1.53 bits per heavy atom. The van der Waals surface area contributed by atoms with Crippen molar-refractivity contribution in [3.05, 3.63) is 35.4 Å². The first-order valence-electron chi connectivity index (χ1n) is 6.92. The lowest BCUT2D eigenvalue weighted by atomic mass is 10.0. The highest BCUT2D eigenvalue weighted by Gasteiger charge is 2.26. The van der Waals surface area contributed by atoms with Crippen LogP contribution in [0.1, 0.15) is 37.8 Å². The smallest absolute Gasteiger partial charge is 0.170 e. The summed E-state index contributed by atoms with van der Waals surface area (Å²) < 4.78 is 0. The highest BCUT2D eigenvalue weighted by atomic mass is 16.4. The molecule has 0 saturated carbocycles. The molecule has 0 amide bonds. The van der Waals surface area contributed by atoms with Gasteiger partial charge in [0.2, 0.25) is 0 Å². The van der Waals surface area contributed by atoms with Crippen molar-refractivity contribution in [3.63, 3.8) is 0 Å². The predicted octanol–water partition coefficient (Wildman–Crippen LogP) is 2.40. The topological polar surface area (TPSA) is 61.8 Å². The van der Waals surface area contributed by atoms with Crippen molar-refractivity contribution in [2.24, 2.45) is 16.8 Å². The quantitative estimate of drug-likeness (QED) is 0.379. The molecule has 2 rings (SSSR count). The third kappa shape index (κ3) is 3.26. The molecule has 0 spiro atoms. The van der Waals surface area contributed by atoms with E-state index >= 15 is 0 Å². The molecule has 0 aliphatic carbocycles. The van der Waals surface area contributed by atoms with Gasteiger partial charge in [-0.1, -0.05) is 37.2 Å². The Hall–Kier alpha value is -1.55. The van der Waals surface area contributed by atoms with Gasteiger partial charge in [0.05, 0.1) is 0 Å². The van der Waals surface area contributed by atoms with Gasteiger partial charge in [-0.15, -0.1) is 0 Å². The number of hydrogen-bond acceptors (Lipinski definition) is 3. The van der Waals surface area contributed by atoms with Gasteiger partial charge in [0, 0.05) is 18.2 Å². The van der Waals surface area contributed by atoms with E-state index in [4.69, 9.17) is 10.9 Å². The van der Waals surface area contributed by atoms with Crippen molar-refractivity contribution in [2.75, 3.05) is 6.54 Å². The number of benzene rings is 1. The van der Waals surface area contributed by atoms with Crippen LogP contribution in [0.2, 0.25) is 0 Å². The molecule has 0 aromatic heterocycles. The van der Waals surface area contributed by atoms with Gasteiger partial charge in [-0.25, -0.2) is 0 Å². The summed E-state index contributed by atoms with van der Waals surface area (Å²) in [4.78, 5) is 2.54. The fourth-order valence-electron chi connectivity index (χ4n) is 2.92. The molecule has 0 radical (unpaired) electrons. The summed E-state index contributed by atoms with van der Waals surface area (Å²) in [5, 5.41) is 11.8. The Morgan fingerprint density at radius 2 is 2.32 bits per heavy atom. The Kier molecular flexibility index (Phi) is 4.43. The third-order valence-electron chi connectivity index (χ3n) is 3.90. The zero-order valence-corrected chi connectivity index (χ0v) is 11.7. The van der Waals surface area contributed by atoms with Gasteiger partial charge >= 0.3 is 0 Å². The standard InChI is InChI=1S/C15H23N3O/c1-11(2)14-7-4-8-18(14)10-12-5-3-6-13(9-12)15(16)17-19/h3,5-6,9,11,14,19H,4,7-8,10H2,1-2H3,(H2,16,17). The average molecular weight is 261 g/mol. The van der Waals surface area contributed by atoms with E-state index in [-0.39, 0.29) is 5.84 Å². The minimum Gasteiger partial charge on any atom is -0.409 e. The van der Waals surface area contributed by atoms with Crippen LogP contribution in [-0.2, 0) is 6.54 Å². The molecule has 1 unspecified atom stereocenters. The zero-order chi connectivity index (χ0) is 13.8. The summed E-state index contributed by atoms with van der Waals surface area (Å²) in [5.41, 5.74) is 7.63. The molecule has 3 N–H and O–H groups in total. The lowest BCUT2D eigenvalue weighted by Crippen LogP contribution is -2.32. The van der Waals surface area contributed by atoms with Gasteiger partial charge in [-0.3, -0.25) is 4.90 Å². The van der Waals surface area contributed by atoms with Gasteiger partial charge in [0.15, 0.2) is 5.84 Å². The number of likely N-dealkylation sites (tertiary alicyclic amines) is 1. The van der Waals surface area contributed by atoms with Crippen LogP contribution in [0, 0.1) is 5.92 Å². The second kappa shape index (κ2) is 6.06. The van der Waals surface area contributed by atoms with E-state index in [1.165, 1.54) is 18.4 Å². The van der Waals surface area contributed by atoms with Crippen molar-refractivity contribution in [1.29, 1.82) is 0 Å². The van der Waals surface area contributed by atoms with Crippen molar-refractivity contribution >= 4 is 5.84 Å². The summed E-state index contributed by atoms with van der Waals surface area (Å²) in [6.07, 6.45) is 2.57. The lowest BCUT2D eigenvalue weighted by molar-refractivity contribution is 0.199. The van der Waals surface area contributed by atoms with Crippen molar-refractivity contribution < 1.29 is 5.21 Å². The van der Waals surface area contributed by atoms with E-state index in [9.17, 15) is 0 Å². The summed E-state index contributed by atoms with van der Waals surface area (Å²) >= 11 is 0. The zero-order valence-electron chi connectivity index (χ0n) is 11.7. The Balaban J connectivity index is 2.11. The molecule has 1 aromatic carbocycles. The first kappa shape index (κ1) is 13.9. The van der Waals surface area contributed by atoms with Gasteiger partial charge < -0.3 is 10.9 Å². The maximum absolute atomic E-state index is 8.73. The van der Waals surface area contributed by atoms with E-state index in [0.717, 1.165) is 18.7 Å². The number of oxime groups is 1. The molecule has 1 atom stereocenters. The summed E-state index contributed by atoms with van der Waals surface area (Å²) in [5.74, 6) is 0.860. The SMILES string of the molecule is CC(C)C1CCCN1Cc1cccc(C(N)=NO)c1. The average Bonchev–Trinajstić information content (AvgIpc) is 2.86. The molecular weight excluding hydrogens is 238 g/mol. The normalized spacial score (nSPS) is 21.2. The van der Waals surface area contributed by atoms with Gasteiger partial charge in [0.1, 0.15) is 0 Å². The number of hydrogen-bond donors (Lipinski definition) is 2. The van der Waals surface area contributed by atoms with Crippen LogP contribution in [0.5, 0.6) is 0 Å². The van der Waals surface area contributed by atoms with Crippen molar-refractivity contribution in [2.45, 2.75) is 39.3 Å². The highest BCUT2D eigenvalue weighted by Crippen LogP contribution is 2.25.